The Morgan fingerprint density at radius 2 is 1.69 bits per heavy atom. The maximum atomic E-state index is 12.7. The lowest BCUT2D eigenvalue weighted by atomic mass is 10.0. The Bertz CT molecular complexity index is 970. The lowest BCUT2D eigenvalue weighted by Gasteiger charge is -2.28. The second-order valence-corrected chi connectivity index (χ2v) is 8.66. The van der Waals surface area contributed by atoms with Crippen molar-refractivity contribution in [2.75, 3.05) is 6.54 Å². The molecule has 5 nitrogen and oxygen atoms in total. The van der Waals surface area contributed by atoms with Crippen LogP contribution in [0.4, 0.5) is 4.79 Å². The number of rotatable bonds is 3. The first-order valence-corrected chi connectivity index (χ1v) is 10.2. The van der Waals surface area contributed by atoms with Gasteiger partial charge < -0.3 is 15.2 Å². The summed E-state index contributed by atoms with van der Waals surface area (Å²) in [7, 11) is 0. The van der Waals surface area contributed by atoms with Crippen molar-refractivity contribution in [2.24, 2.45) is 0 Å². The van der Waals surface area contributed by atoms with E-state index < -0.39 is 0 Å². The van der Waals surface area contributed by atoms with E-state index in [0.717, 1.165) is 36.5 Å². The minimum atomic E-state index is -0.251. The minimum absolute atomic E-state index is 0.00491. The molecule has 2 N–H and O–H groups in total. The van der Waals surface area contributed by atoms with Crippen LogP contribution in [0.5, 0.6) is 0 Å². The number of hydrogen-bond donors (Lipinski definition) is 2. The Balaban J connectivity index is 1.51. The van der Waals surface area contributed by atoms with Gasteiger partial charge >= 0.3 is 6.03 Å². The predicted molar refractivity (Wildman–Crippen MR) is 116 cm³/mol. The molecule has 5 heteroatoms. The smallest absolute Gasteiger partial charge is 0.318 e. The monoisotopic (exact) mass is 388 g/mol. The van der Waals surface area contributed by atoms with E-state index in [-0.39, 0.29) is 17.6 Å². The molecule has 150 valence electrons. The summed E-state index contributed by atoms with van der Waals surface area (Å²) in [4.78, 5) is 22.6. The van der Waals surface area contributed by atoms with Gasteiger partial charge in [-0.2, -0.15) is 0 Å². The van der Waals surface area contributed by atoms with Gasteiger partial charge in [0.2, 0.25) is 0 Å². The highest BCUT2D eigenvalue weighted by molar-refractivity contribution is 5.76. The van der Waals surface area contributed by atoms with Gasteiger partial charge in [0, 0.05) is 12.1 Å². The van der Waals surface area contributed by atoms with Crippen LogP contribution < -0.4 is 5.32 Å². The van der Waals surface area contributed by atoms with Gasteiger partial charge in [0.05, 0.1) is 17.9 Å². The SMILES string of the molecule is CC(C)(C)NC(=O)N1CCCC1c1ncc(-c2ccc(-c3ccccc3)cc2)[nH]1. The number of likely N-dealkylation sites (tertiary alicyclic amines) is 1. The fourth-order valence-corrected chi connectivity index (χ4v) is 3.81. The lowest BCUT2D eigenvalue weighted by Crippen LogP contribution is -2.48. The molecular formula is C24H28N4O. The van der Waals surface area contributed by atoms with E-state index in [4.69, 9.17) is 0 Å². The van der Waals surface area contributed by atoms with Crippen LogP contribution in [0.25, 0.3) is 22.4 Å². The van der Waals surface area contributed by atoms with E-state index in [2.05, 4.69) is 51.7 Å². The molecule has 1 aliphatic heterocycles. The summed E-state index contributed by atoms with van der Waals surface area (Å²) in [5.41, 5.74) is 4.21. The molecule has 0 bridgehead atoms. The number of hydrogen-bond acceptors (Lipinski definition) is 2. The number of H-pyrrole nitrogens is 1. The summed E-state index contributed by atoms with van der Waals surface area (Å²) >= 11 is 0. The van der Waals surface area contributed by atoms with Gasteiger partial charge in [0.25, 0.3) is 0 Å². The van der Waals surface area contributed by atoms with Crippen molar-refractivity contribution < 1.29 is 4.79 Å². The van der Waals surface area contributed by atoms with E-state index >= 15 is 0 Å². The van der Waals surface area contributed by atoms with Crippen molar-refractivity contribution in [3.8, 4) is 22.4 Å². The van der Waals surface area contributed by atoms with E-state index in [9.17, 15) is 4.79 Å². The first kappa shape index (κ1) is 19.2. The minimum Gasteiger partial charge on any atom is -0.340 e. The Kier molecular flexibility index (Phi) is 5.14. The van der Waals surface area contributed by atoms with E-state index in [1.165, 1.54) is 11.1 Å². The first-order chi connectivity index (χ1) is 13.9. The number of benzene rings is 2. The molecule has 3 aromatic rings. The molecule has 29 heavy (non-hydrogen) atoms. The fraction of sp³-hybridized carbons (Fsp3) is 0.333. The zero-order chi connectivity index (χ0) is 20.4. The molecular weight excluding hydrogens is 360 g/mol. The zero-order valence-corrected chi connectivity index (χ0v) is 17.3. The van der Waals surface area contributed by atoms with Crippen LogP contribution in [-0.2, 0) is 0 Å². The largest absolute Gasteiger partial charge is 0.340 e. The van der Waals surface area contributed by atoms with Gasteiger partial charge in [-0.05, 0) is 50.3 Å². The van der Waals surface area contributed by atoms with Crippen LogP contribution in [0.2, 0.25) is 0 Å². The topological polar surface area (TPSA) is 61.0 Å². The number of carbonyl (C=O) groups excluding carboxylic acids is 1. The van der Waals surface area contributed by atoms with Crippen molar-refractivity contribution in [3.05, 3.63) is 66.6 Å². The average molecular weight is 389 g/mol. The third-order valence-electron chi connectivity index (χ3n) is 5.21. The second-order valence-electron chi connectivity index (χ2n) is 8.66. The number of aromatic nitrogens is 2. The highest BCUT2D eigenvalue weighted by Gasteiger charge is 2.33. The fourth-order valence-electron chi connectivity index (χ4n) is 3.81. The van der Waals surface area contributed by atoms with Gasteiger partial charge in [0.1, 0.15) is 5.82 Å². The van der Waals surface area contributed by atoms with E-state index in [1.54, 1.807) is 0 Å². The predicted octanol–water partition coefficient (Wildman–Crippen LogP) is 5.39. The molecule has 0 spiro atoms. The average Bonchev–Trinajstić information content (AvgIpc) is 3.37. The zero-order valence-electron chi connectivity index (χ0n) is 17.3. The normalized spacial score (nSPS) is 16.8. The summed E-state index contributed by atoms with van der Waals surface area (Å²) in [5, 5.41) is 3.07. The molecule has 4 rings (SSSR count). The molecule has 1 aliphatic rings. The van der Waals surface area contributed by atoms with E-state index in [0.29, 0.717) is 0 Å². The molecule has 0 saturated carbocycles. The van der Waals surface area contributed by atoms with Crippen LogP contribution in [0.15, 0.2) is 60.8 Å². The molecule has 2 heterocycles. The molecule has 1 fully saturated rings. The van der Waals surface area contributed by atoms with Gasteiger partial charge in [-0.1, -0.05) is 54.6 Å². The second kappa shape index (κ2) is 7.74. The van der Waals surface area contributed by atoms with Crippen molar-refractivity contribution in [1.29, 1.82) is 0 Å². The summed E-state index contributed by atoms with van der Waals surface area (Å²) in [6.07, 6.45) is 3.78. The van der Waals surface area contributed by atoms with Crippen molar-refractivity contribution in [1.82, 2.24) is 20.2 Å². The Morgan fingerprint density at radius 3 is 2.38 bits per heavy atom. The molecule has 2 aromatic carbocycles. The summed E-state index contributed by atoms with van der Waals surface area (Å²) in [6, 6.07) is 18.8. The Morgan fingerprint density at radius 1 is 1.03 bits per heavy atom. The Labute approximate surface area is 172 Å². The molecule has 2 amide bonds. The quantitative estimate of drug-likeness (QED) is 0.632. The number of urea groups is 1. The molecule has 1 atom stereocenters. The number of nitrogens with one attached hydrogen (secondary N) is 2. The highest BCUT2D eigenvalue weighted by atomic mass is 16.2. The van der Waals surface area contributed by atoms with Crippen molar-refractivity contribution in [3.63, 3.8) is 0 Å². The van der Waals surface area contributed by atoms with E-state index in [1.807, 2.05) is 50.1 Å². The number of aromatic amines is 1. The number of carbonyl (C=O) groups is 1. The maximum absolute atomic E-state index is 12.7. The van der Waals surface area contributed by atoms with Crippen LogP contribution in [0.3, 0.4) is 0 Å². The molecule has 1 unspecified atom stereocenters. The van der Waals surface area contributed by atoms with Crippen LogP contribution in [0, 0.1) is 0 Å². The number of imidazole rings is 1. The van der Waals surface area contributed by atoms with Crippen molar-refractivity contribution in [2.45, 2.75) is 45.2 Å². The molecule has 0 radical (unpaired) electrons. The third-order valence-corrected chi connectivity index (χ3v) is 5.21. The molecule has 0 aliphatic carbocycles. The lowest BCUT2D eigenvalue weighted by molar-refractivity contribution is 0.182. The third kappa shape index (κ3) is 4.34. The van der Waals surface area contributed by atoms with Gasteiger partial charge in [-0.25, -0.2) is 9.78 Å². The standard InChI is InChI=1S/C24H28N4O/c1-24(2,3)27-23(29)28-15-7-10-21(28)22-25-16-20(26-22)19-13-11-18(12-14-19)17-8-5-4-6-9-17/h4-6,8-9,11-14,16,21H,7,10,15H2,1-3H3,(H,25,26)(H,27,29). The number of amides is 2. The van der Waals surface area contributed by atoms with Crippen LogP contribution >= 0.6 is 0 Å². The highest BCUT2D eigenvalue weighted by Crippen LogP contribution is 2.32. The van der Waals surface area contributed by atoms with Crippen molar-refractivity contribution >= 4 is 6.03 Å². The summed E-state index contributed by atoms with van der Waals surface area (Å²) < 4.78 is 0. The van der Waals surface area contributed by atoms with Crippen LogP contribution in [0.1, 0.15) is 45.5 Å². The number of nitrogens with zero attached hydrogens (tertiary/aromatic N) is 2. The molecule has 1 aromatic heterocycles. The summed E-state index contributed by atoms with van der Waals surface area (Å²) in [5.74, 6) is 0.855. The van der Waals surface area contributed by atoms with Gasteiger partial charge in [-0.3, -0.25) is 0 Å². The maximum Gasteiger partial charge on any atom is 0.318 e. The molecule has 1 saturated heterocycles. The van der Waals surface area contributed by atoms with Gasteiger partial charge in [0.15, 0.2) is 0 Å². The first-order valence-electron chi connectivity index (χ1n) is 10.2. The van der Waals surface area contributed by atoms with Gasteiger partial charge in [-0.15, -0.1) is 0 Å². The Hall–Kier alpha value is -3.08. The van der Waals surface area contributed by atoms with Crippen LogP contribution in [-0.4, -0.2) is 33.0 Å². The summed E-state index contributed by atoms with van der Waals surface area (Å²) in [6.45, 7) is 6.76.